The molecule has 0 amide bonds. The van der Waals surface area contributed by atoms with E-state index in [0.717, 1.165) is 12.1 Å². The fourth-order valence-corrected chi connectivity index (χ4v) is 1.60. The van der Waals surface area contributed by atoms with Gasteiger partial charge in [-0.1, -0.05) is 6.07 Å². The molecule has 88 valence electrons. The first-order valence-corrected chi connectivity index (χ1v) is 5.15. The molecule has 1 aromatic heterocycles. The maximum absolute atomic E-state index is 13.4. The summed E-state index contributed by atoms with van der Waals surface area (Å²) in [4.78, 5) is 15.8. The highest BCUT2D eigenvalue weighted by Crippen LogP contribution is 2.16. The molecule has 2 aromatic rings. The van der Waals surface area contributed by atoms with Crippen molar-refractivity contribution in [2.24, 2.45) is 0 Å². The minimum atomic E-state index is -0.874. The van der Waals surface area contributed by atoms with Crippen LogP contribution in [0.25, 0.3) is 0 Å². The number of nitrogens with zero attached hydrogens (tertiary/aromatic N) is 2. The molecule has 0 unspecified atom stereocenters. The van der Waals surface area contributed by atoms with Crippen molar-refractivity contribution in [1.29, 1.82) is 0 Å². The van der Waals surface area contributed by atoms with Crippen LogP contribution in [0.2, 0.25) is 0 Å². The molecule has 0 spiro atoms. The smallest absolute Gasteiger partial charge is 0.234 e. The second-order valence-electron chi connectivity index (χ2n) is 3.46. The summed E-state index contributed by atoms with van der Waals surface area (Å²) in [5.74, 6) is -2.45. The number of halogens is 2. The molecule has 0 saturated heterocycles. The lowest BCUT2D eigenvalue weighted by molar-refractivity contribution is 0.101. The first-order valence-electron chi connectivity index (χ1n) is 5.15. The summed E-state index contributed by atoms with van der Waals surface area (Å²) in [5, 5.41) is 0. The first kappa shape index (κ1) is 11.4. The van der Waals surface area contributed by atoms with Crippen LogP contribution in [0.5, 0.6) is 0 Å². The molecule has 0 aliphatic heterocycles. The number of hydrogen-bond donors (Lipinski definition) is 0. The molecule has 0 aliphatic carbocycles. The van der Waals surface area contributed by atoms with Crippen molar-refractivity contribution < 1.29 is 13.6 Å². The van der Waals surface area contributed by atoms with Crippen LogP contribution in [0.15, 0.2) is 30.6 Å². The van der Waals surface area contributed by atoms with E-state index < -0.39 is 23.0 Å². The summed E-state index contributed by atoms with van der Waals surface area (Å²) in [7, 11) is 0. The third-order valence-electron chi connectivity index (χ3n) is 2.45. The van der Waals surface area contributed by atoms with Crippen molar-refractivity contribution in [2.45, 2.75) is 13.5 Å². The van der Waals surface area contributed by atoms with Crippen LogP contribution in [0.1, 0.15) is 23.1 Å². The molecule has 0 atom stereocenters. The van der Waals surface area contributed by atoms with Crippen LogP contribution in [-0.2, 0) is 6.54 Å². The van der Waals surface area contributed by atoms with E-state index in [4.69, 9.17) is 0 Å². The summed E-state index contributed by atoms with van der Waals surface area (Å²) in [6.07, 6.45) is 3.02. The van der Waals surface area contributed by atoms with Gasteiger partial charge in [0.25, 0.3) is 0 Å². The summed E-state index contributed by atoms with van der Waals surface area (Å²) >= 11 is 0. The van der Waals surface area contributed by atoms with Crippen molar-refractivity contribution in [3.63, 3.8) is 0 Å². The van der Waals surface area contributed by atoms with E-state index in [1.54, 1.807) is 6.20 Å². The summed E-state index contributed by atoms with van der Waals surface area (Å²) in [6, 6.07) is 3.32. The van der Waals surface area contributed by atoms with Gasteiger partial charge in [0.2, 0.25) is 5.78 Å². The van der Waals surface area contributed by atoms with Gasteiger partial charge in [0, 0.05) is 18.9 Å². The average molecular weight is 236 g/mol. The molecule has 3 nitrogen and oxygen atoms in total. The van der Waals surface area contributed by atoms with Crippen molar-refractivity contribution in [1.82, 2.24) is 9.55 Å². The van der Waals surface area contributed by atoms with Crippen LogP contribution in [0, 0.1) is 11.6 Å². The number of hydrogen-bond acceptors (Lipinski definition) is 2. The van der Waals surface area contributed by atoms with Gasteiger partial charge in [0.15, 0.2) is 5.82 Å². The third kappa shape index (κ3) is 1.95. The van der Waals surface area contributed by atoms with Crippen molar-refractivity contribution >= 4 is 5.78 Å². The van der Waals surface area contributed by atoms with E-state index in [1.807, 2.05) is 6.92 Å². The van der Waals surface area contributed by atoms with Gasteiger partial charge in [-0.05, 0) is 19.1 Å². The van der Waals surface area contributed by atoms with Crippen molar-refractivity contribution in [3.8, 4) is 0 Å². The monoisotopic (exact) mass is 236 g/mol. The molecule has 0 saturated carbocycles. The summed E-state index contributed by atoms with van der Waals surface area (Å²) in [6.45, 7) is 2.33. The lowest BCUT2D eigenvalue weighted by Crippen LogP contribution is -2.13. The van der Waals surface area contributed by atoms with Crippen molar-refractivity contribution in [3.05, 3.63) is 53.6 Å². The van der Waals surface area contributed by atoms with Crippen molar-refractivity contribution in [2.75, 3.05) is 0 Å². The van der Waals surface area contributed by atoms with Crippen LogP contribution in [0.4, 0.5) is 8.78 Å². The maximum Gasteiger partial charge on any atom is 0.234 e. The predicted molar refractivity (Wildman–Crippen MR) is 57.7 cm³/mol. The maximum atomic E-state index is 13.4. The number of aryl methyl sites for hydroxylation is 1. The zero-order valence-corrected chi connectivity index (χ0v) is 9.15. The Bertz CT molecular complexity index is 543. The van der Waals surface area contributed by atoms with E-state index >= 15 is 0 Å². The van der Waals surface area contributed by atoms with Crippen LogP contribution < -0.4 is 0 Å². The molecule has 0 bridgehead atoms. The van der Waals surface area contributed by atoms with E-state index in [2.05, 4.69) is 4.98 Å². The number of imidazole rings is 1. The number of carbonyl (C=O) groups is 1. The molecular formula is C12H10F2N2O. The molecule has 0 radical (unpaired) electrons. The van der Waals surface area contributed by atoms with Crippen LogP contribution in [0.3, 0.4) is 0 Å². The van der Waals surface area contributed by atoms with Gasteiger partial charge in [0.1, 0.15) is 11.6 Å². The second-order valence-corrected chi connectivity index (χ2v) is 3.46. The normalized spacial score (nSPS) is 10.5. The second kappa shape index (κ2) is 4.45. The van der Waals surface area contributed by atoms with E-state index in [-0.39, 0.29) is 5.82 Å². The van der Waals surface area contributed by atoms with Gasteiger partial charge in [-0.2, -0.15) is 0 Å². The molecule has 0 fully saturated rings. The summed E-state index contributed by atoms with van der Waals surface area (Å²) in [5.41, 5.74) is -0.562. The van der Waals surface area contributed by atoms with Crippen LogP contribution in [-0.4, -0.2) is 15.3 Å². The number of benzene rings is 1. The van der Waals surface area contributed by atoms with E-state index in [9.17, 15) is 13.6 Å². The van der Waals surface area contributed by atoms with E-state index in [0.29, 0.717) is 6.54 Å². The largest absolute Gasteiger partial charge is 0.328 e. The minimum absolute atomic E-state index is 0.0384. The Hall–Kier alpha value is -2.04. The van der Waals surface area contributed by atoms with Gasteiger partial charge >= 0.3 is 0 Å². The molecule has 5 heteroatoms. The lowest BCUT2D eigenvalue weighted by atomic mass is 10.1. The number of ketones is 1. The predicted octanol–water partition coefficient (Wildman–Crippen LogP) is 2.41. The van der Waals surface area contributed by atoms with Gasteiger partial charge in [-0.25, -0.2) is 13.8 Å². The zero-order valence-electron chi connectivity index (χ0n) is 9.15. The Morgan fingerprint density at radius 1 is 1.35 bits per heavy atom. The van der Waals surface area contributed by atoms with Crippen LogP contribution >= 0.6 is 0 Å². The lowest BCUT2D eigenvalue weighted by Gasteiger charge is -2.05. The summed E-state index contributed by atoms with van der Waals surface area (Å²) < 4.78 is 28.4. The molecule has 2 rings (SSSR count). The Morgan fingerprint density at radius 2 is 2.00 bits per heavy atom. The van der Waals surface area contributed by atoms with Gasteiger partial charge < -0.3 is 4.57 Å². The number of carbonyl (C=O) groups excluding carboxylic acids is 1. The topological polar surface area (TPSA) is 34.9 Å². The Morgan fingerprint density at radius 3 is 2.59 bits per heavy atom. The Balaban J connectivity index is 2.51. The SMILES string of the molecule is CCn1ccnc1C(=O)c1c(F)cccc1F. The number of aromatic nitrogens is 2. The molecule has 0 N–H and O–H groups in total. The van der Waals surface area contributed by atoms with Gasteiger partial charge in [0.05, 0.1) is 5.56 Å². The molecular weight excluding hydrogens is 226 g/mol. The Kier molecular flexibility index (Phi) is 2.99. The highest BCUT2D eigenvalue weighted by Gasteiger charge is 2.22. The average Bonchev–Trinajstić information content (AvgIpc) is 2.76. The quantitative estimate of drug-likeness (QED) is 0.767. The highest BCUT2D eigenvalue weighted by molar-refractivity contribution is 6.07. The Labute approximate surface area is 96.7 Å². The minimum Gasteiger partial charge on any atom is -0.328 e. The first-order chi connectivity index (χ1) is 8.15. The fourth-order valence-electron chi connectivity index (χ4n) is 1.60. The molecule has 17 heavy (non-hydrogen) atoms. The standard InChI is InChI=1S/C12H10F2N2O/c1-2-16-7-6-15-12(16)11(17)10-8(13)4-3-5-9(10)14/h3-7H,2H2,1H3. The zero-order chi connectivity index (χ0) is 12.4. The fraction of sp³-hybridized carbons (Fsp3) is 0.167. The van der Waals surface area contributed by atoms with Gasteiger partial charge in [-0.3, -0.25) is 4.79 Å². The van der Waals surface area contributed by atoms with E-state index in [1.165, 1.54) is 16.8 Å². The van der Waals surface area contributed by atoms with Gasteiger partial charge in [-0.15, -0.1) is 0 Å². The highest BCUT2D eigenvalue weighted by atomic mass is 19.1. The molecule has 0 aliphatic rings. The molecule has 1 heterocycles. The molecule has 1 aromatic carbocycles. The third-order valence-corrected chi connectivity index (χ3v) is 2.45. The number of rotatable bonds is 3.